The summed E-state index contributed by atoms with van der Waals surface area (Å²) in [7, 11) is 0. The second-order valence-electron chi connectivity index (χ2n) is 3.96. The lowest BCUT2D eigenvalue weighted by Gasteiger charge is -2.26. The van der Waals surface area contributed by atoms with E-state index in [0.29, 0.717) is 0 Å². The van der Waals surface area contributed by atoms with Crippen LogP contribution in [0.5, 0.6) is 0 Å². The zero-order valence-corrected chi connectivity index (χ0v) is 9.10. The summed E-state index contributed by atoms with van der Waals surface area (Å²) in [6, 6.07) is 0. The van der Waals surface area contributed by atoms with Crippen LogP contribution in [0.4, 0.5) is 0 Å². The van der Waals surface area contributed by atoms with Gasteiger partial charge in [0.15, 0.2) is 0 Å². The van der Waals surface area contributed by atoms with Crippen molar-refractivity contribution in [3.8, 4) is 12.3 Å². The quantitative estimate of drug-likeness (QED) is 0.509. The highest BCUT2D eigenvalue weighted by Crippen LogP contribution is 2.07. The summed E-state index contributed by atoms with van der Waals surface area (Å²) in [5.74, 6) is 2.66. The number of unbranched alkanes of at least 4 members (excludes halogenated alkanes) is 1. The largest absolute Gasteiger partial charge is 0.315 e. The van der Waals surface area contributed by atoms with Crippen molar-refractivity contribution >= 4 is 0 Å². The fourth-order valence-electron chi connectivity index (χ4n) is 1.86. The Hall–Kier alpha value is -0.520. The van der Waals surface area contributed by atoms with Crippen molar-refractivity contribution < 1.29 is 0 Å². The maximum absolute atomic E-state index is 5.17. The van der Waals surface area contributed by atoms with Crippen molar-refractivity contribution in [2.24, 2.45) is 0 Å². The number of terminal acetylenes is 1. The zero-order chi connectivity index (χ0) is 10.1. The summed E-state index contributed by atoms with van der Waals surface area (Å²) < 4.78 is 0. The first-order chi connectivity index (χ1) is 6.93. The van der Waals surface area contributed by atoms with Crippen LogP contribution in [0.2, 0.25) is 0 Å². The highest BCUT2D eigenvalue weighted by Gasteiger charge is 2.08. The molecule has 0 spiro atoms. The highest BCUT2D eigenvalue weighted by molar-refractivity contribution is 4.83. The van der Waals surface area contributed by atoms with Gasteiger partial charge in [0.05, 0.1) is 0 Å². The summed E-state index contributed by atoms with van der Waals surface area (Å²) in [5, 5.41) is 3.43. The van der Waals surface area contributed by atoms with Crippen LogP contribution in [0.3, 0.4) is 0 Å². The Morgan fingerprint density at radius 2 is 1.93 bits per heavy atom. The molecule has 2 heteroatoms. The minimum absolute atomic E-state index is 0.900. The Morgan fingerprint density at radius 3 is 2.64 bits per heavy atom. The Morgan fingerprint density at radius 1 is 1.14 bits per heavy atom. The van der Waals surface area contributed by atoms with E-state index in [0.717, 1.165) is 25.9 Å². The van der Waals surface area contributed by atoms with Crippen molar-refractivity contribution in [3.63, 3.8) is 0 Å². The van der Waals surface area contributed by atoms with E-state index >= 15 is 0 Å². The predicted molar refractivity (Wildman–Crippen MR) is 61.2 cm³/mol. The van der Waals surface area contributed by atoms with E-state index in [-0.39, 0.29) is 0 Å². The van der Waals surface area contributed by atoms with Gasteiger partial charge in [-0.3, -0.25) is 0 Å². The lowest BCUT2D eigenvalue weighted by Crippen LogP contribution is -2.36. The van der Waals surface area contributed by atoms with Crippen molar-refractivity contribution in [2.45, 2.75) is 32.1 Å². The first kappa shape index (κ1) is 11.6. The smallest absolute Gasteiger partial charge is 0.0107 e. The molecule has 1 heterocycles. The van der Waals surface area contributed by atoms with E-state index in [1.807, 2.05) is 0 Å². The summed E-state index contributed by atoms with van der Waals surface area (Å²) in [6.45, 7) is 5.98. The average Bonchev–Trinajstić information content (AvgIpc) is 2.25. The Labute approximate surface area is 88.1 Å². The Balaban J connectivity index is 1.85. The highest BCUT2D eigenvalue weighted by atomic mass is 15.1. The molecule has 80 valence electrons. The van der Waals surface area contributed by atoms with E-state index in [2.05, 4.69) is 16.1 Å². The molecule has 1 aliphatic rings. The number of nitrogens with zero attached hydrogens (tertiary/aromatic N) is 1. The monoisotopic (exact) mass is 194 g/mol. The normalized spacial score (nSPS) is 17.9. The third-order valence-corrected chi connectivity index (χ3v) is 2.73. The molecule has 0 aromatic carbocycles. The van der Waals surface area contributed by atoms with Gasteiger partial charge in [-0.2, -0.15) is 0 Å². The molecular formula is C12H22N2. The molecule has 0 aromatic heterocycles. The molecule has 1 rings (SSSR count). The van der Waals surface area contributed by atoms with Crippen LogP contribution < -0.4 is 5.32 Å². The number of hydrogen-bond donors (Lipinski definition) is 1. The molecule has 0 aliphatic carbocycles. The molecule has 0 unspecified atom stereocenters. The minimum atomic E-state index is 0.900. The van der Waals surface area contributed by atoms with Crippen LogP contribution >= 0.6 is 0 Å². The average molecular weight is 194 g/mol. The summed E-state index contributed by atoms with van der Waals surface area (Å²) in [4.78, 5) is 2.55. The van der Waals surface area contributed by atoms with Gasteiger partial charge in [-0.25, -0.2) is 0 Å². The molecule has 1 fully saturated rings. The van der Waals surface area contributed by atoms with Crippen LogP contribution in [0.15, 0.2) is 0 Å². The number of nitrogens with one attached hydrogen (secondary N) is 1. The molecule has 14 heavy (non-hydrogen) atoms. The standard InChI is InChI=1S/C12H22N2/c1-2-3-5-8-13-9-12-14-10-6-4-7-11-14/h1,13H,3-12H2. The number of piperidine rings is 1. The Bertz CT molecular complexity index is 166. The minimum Gasteiger partial charge on any atom is -0.315 e. The molecule has 0 aromatic rings. The van der Waals surface area contributed by atoms with Crippen molar-refractivity contribution in [1.29, 1.82) is 0 Å². The van der Waals surface area contributed by atoms with E-state index in [1.54, 1.807) is 0 Å². The van der Waals surface area contributed by atoms with Crippen LogP contribution in [0.25, 0.3) is 0 Å². The van der Waals surface area contributed by atoms with E-state index in [1.165, 1.54) is 38.9 Å². The lowest BCUT2D eigenvalue weighted by molar-refractivity contribution is 0.229. The van der Waals surface area contributed by atoms with E-state index in [4.69, 9.17) is 6.42 Å². The van der Waals surface area contributed by atoms with Gasteiger partial charge in [0.2, 0.25) is 0 Å². The molecular weight excluding hydrogens is 172 g/mol. The Kier molecular flexibility index (Phi) is 6.47. The van der Waals surface area contributed by atoms with Crippen molar-refractivity contribution in [2.75, 3.05) is 32.7 Å². The van der Waals surface area contributed by atoms with Gasteiger partial charge < -0.3 is 10.2 Å². The molecule has 2 nitrogen and oxygen atoms in total. The molecule has 1 saturated heterocycles. The van der Waals surface area contributed by atoms with Gasteiger partial charge in [0.25, 0.3) is 0 Å². The van der Waals surface area contributed by atoms with Gasteiger partial charge in [0.1, 0.15) is 0 Å². The summed E-state index contributed by atoms with van der Waals surface area (Å²) >= 11 is 0. The van der Waals surface area contributed by atoms with Gasteiger partial charge >= 0.3 is 0 Å². The van der Waals surface area contributed by atoms with E-state index in [9.17, 15) is 0 Å². The lowest BCUT2D eigenvalue weighted by atomic mass is 10.1. The van der Waals surface area contributed by atoms with E-state index < -0.39 is 0 Å². The molecule has 0 saturated carbocycles. The number of hydrogen-bond acceptors (Lipinski definition) is 2. The first-order valence-corrected chi connectivity index (χ1v) is 5.80. The topological polar surface area (TPSA) is 15.3 Å². The van der Waals surface area contributed by atoms with Crippen LogP contribution in [-0.2, 0) is 0 Å². The van der Waals surface area contributed by atoms with Crippen LogP contribution in [0.1, 0.15) is 32.1 Å². The second-order valence-corrected chi connectivity index (χ2v) is 3.96. The predicted octanol–water partition coefficient (Wildman–Crippen LogP) is 1.48. The number of rotatable bonds is 6. The van der Waals surface area contributed by atoms with Gasteiger partial charge in [-0.05, 0) is 38.9 Å². The summed E-state index contributed by atoms with van der Waals surface area (Å²) in [5.41, 5.74) is 0. The maximum atomic E-state index is 5.17. The fraction of sp³-hybridized carbons (Fsp3) is 0.833. The fourth-order valence-corrected chi connectivity index (χ4v) is 1.86. The molecule has 0 amide bonds. The molecule has 1 N–H and O–H groups in total. The number of likely N-dealkylation sites (tertiary alicyclic amines) is 1. The molecule has 0 atom stereocenters. The third kappa shape index (κ3) is 5.26. The van der Waals surface area contributed by atoms with Gasteiger partial charge in [0, 0.05) is 19.5 Å². The first-order valence-electron chi connectivity index (χ1n) is 5.80. The maximum Gasteiger partial charge on any atom is 0.0107 e. The molecule has 0 bridgehead atoms. The van der Waals surface area contributed by atoms with Crippen LogP contribution in [0, 0.1) is 12.3 Å². The van der Waals surface area contributed by atoms with Gasteiger partial charge in [-0.15, -0.1) is 12.3 Å². The zero-order valence-electron chi connectivity index (χ0n) is 9.10. The van der Waals surface area contributed by atoms with Crippen molar-refractivity contribution in [1.82, 2.24) is 10.2 Å². The van der Waals surface area contributed by atoms with Crippen molar-refractivity contribution in [3.05, 3.63) is 0 Å². The van der Waals surface area contributed by atoms with Crippen LogP contribution in [-0.4, -0.2) is 37.6 Å². The second kappa shape index (κ2) is 7.84. The third-order valence-electron chi connectivity index (χ3n) is 2.73. The molecule has 0 radical (unpaired) electrons. The molecule has 1 aliphatic heterocycles. The SMILES string of the molecule is C#CCCCNCCN1CCCCC1. The van der Waals surface area contributed by atoms with Gasteiger partial charge in [-0.1, -0.05) is 6.42 Å². The summed E-state index contributed by atoms with van der Waals surface area (Å²) in [6.07, 6.45) is 11.4.